The van der Waals surface area contributed by atoms with Crippen molar-refractivity contribution in [3.05, 3.63) is 53.2 Å². The lowest BCUT2D eigenvalue weighted by Gasteiger charge is -2.17. The normalized spacial score (nSPS) is 9.76. The number of aromatic nitrogens is 1. The summed E-state index contributed by atoms with van der Waals surface area (Å²) in [6.07, 6.45) is 1.47. The van der Waals surface area contributed by atoms with Crippen LogP contribution in [0.25, 0.3) is 0 Å². The smallest absolute Gasteiger partial charge is 0.243 e. The van der Waals surface area contributed by atoms with Gasteiger partial charge in [-0.2, -0.15) is 5.26 Å². The van der Waals surface area contributed by atoms with Gasteiger partial charge in [0, 0.05) is 24.0 Å². The Morgan fingerprint density at radius 2 is 2.24 bits per heavy atom. The highest BCUT2D eigenvalue weighted by atomic mass is 35.5. The predicted molar refractivity (Wildman–Crippen MR) is 82.3 cm³/mol. The van der Waals surface area contributed by atoms with Crippen LogP contribution in [-0.2, 0) is 4.79 Å². The zero-order valence-electron chi connectivity index (χ0n) is 11.4. The van der Waals surface area contributed by atoms with Crippen LogP contribution in [0.3, 0.4) is 0 Å². The van der Waals surface area contributed by atoms with Crippen molar-refractivity contribution in [1.82, 2.24) is 4.98 Å². The second kappa shape index (κ2) is 6.73. The van der Waals surface area contributed by atoms with Gasteiger partial charge in [-0.05, 0) is 30.3 Å². The van der Waals surface area contributed by atoms with E-state index in [4.69, 9.17) is 16.9 Å². The fourth-order valence-corrected chi connectivity index (χ4v) is 1.93. The Bertz CT molecular complexity index is 679. The molecule has 0 atom stereocenters. The fourth-order valence-electron chi connectivity index (χ4n) is 1.74. The van der Waals surface area contributed by atoms with Crippen molar-refractivity contribution < 1.29 is 4.79 Å². The summed E-state index contributed by atoms with van der Waals surface area (Å²) < 4.78 is 0. The lowest BCUT2D eigenvalue weighted by atomic mass is 10.3. The second-order valence-electron chi connectivity index (χ2n) is 4.43. The Morgan fingerprint density at radius 3 is 2.86 bits per heavy atom. The van der Waals surface area contributed by atoms with Crippen molar-refractivity contribution in [3.63, 3.8) is 0 Å². The molecular weight excluding hydrogens is 288 g/mol. The van der Waals surface area contributed by atoms with Crippen molar-refractivity contribution >= 4 is 29.0 Å². The van der Waals surface area contributed by atoms with Gasteiger partial charge in [-0.3, -0.25) is 4.79 Å². The lowest BCUT2D eigenvalue weighted by molar-refractivity contribution is -0.114. The molecule has 0 radical (unpaired) electrons. The zero-order valence-corrected chi connectivity index (χ0v) is 12.1. The Kier molecular flexibility index (Phi) is 4.75. The van der Waals surface area contributed by atoms with E-state index in [1.54, 1.807) is 48.3 Å². The number of nitrogens with one attached hydrogen (secondary N) is 1. The quantitative estimate of drug-likeness (QED) is 0.942. The zero-order chi connectivity index (χ0) is 15.2. The lowest BCUT2D eigenvalue weighted by Crippen LogP contribution is -2.30. The first-order valence-corrected chi connectivity index (χ1v) is 6.59. The average Bonchev–Trinajstić information content (AvgIpc) is 2.47. The molecule has 1 N–H and O–H groups in total. The van der Waals surface area contributed by atoms with Gasteiger partial charge in [0.05, 0.1) is 12.1 Å². The van der Waals surface area contributed by atoms with E-state index in [9.17, 15) is 4.79 Å². The number of anilines is 2. The van der Waals surface area contributed by atoms with Crippen LogP contribution in [0.4, 0.5) is 11.5 Å². The highest BCUT2D eigenvalue weighted by Gasteiger charge is 2.09. The van der Waals surface area contributed by atoms with Gasteiger partial charge in [0.25, 0.3) is 0 Å². The highest BCUT2D eigenvalue weighted by molar-refractivity contribution is 6.30. The number of carbonyl (C=O) groups excluding carboxylic acids is 1. The third-order valence-electron chi connectivity index (χ3n) is 2.76. The third-order valence-corrected chi connectivity index (χ3v) is 2.99. The first-order valence-electron chi connectivity index (χ1n) is 6.21. The molecule has 6 heteroatoms. The SMILES string of the molecule is CN(CC(=O)Nc1cccc(Cl)c1)c1ccc(C#N)cn1. The van der Waals surface area contributed by atoms with Crippen LogP contribution in [0.5, 0.6) is 0 Å². The summed E-state index contributed by atoms with van der Waals surface area (Å²) >= 11 is 5.86. The van der Waals surface area contributed by atoms with Gasteiger partial charge in [0.2, 0.25) is 5.91 Å². The number of nitriles is 1. The number of hydrogen-bond donors (Lipinski definition) is 1. The number of carbonyl (C=O) groups is 1. The van der Waals surface area contributed by atoms with Crippen LogP contribution in [-0.4, -0.2) is 24.5 Å². The minimum Gasteiger partial charge on any atom is -0.350 e. The molecule has 0 unspecified atom stereocenters. The molecule has 5 nitrogen and oxygen atoms in total. The van der Waals surface area contributed by atoms with Gasteiger partial charge in [-0.1, -0.05) is 17.7 Å². The minimum atomic E-state index is -0.175. The van der Waals surface area contributed by atoms with Crippen molar-refractivity contribution in [2.24, 2.45) is 0 Å². The molecule has 0 spiro atoms. The molecule has 0 aliphatic rings. The Hall–Kier alpha value is -2.58. The largest absolute Gasteiger partial charge is 0.350 e. The number of benzene rings is 1. The second-order valence-corrected chi connectivity index (χ2v) is 4.87. The van der Waals surface area contributed by atoms with E-state index in [-0.39, 0.29) is 12.5 Å². The first kappa shape index (κ1) is 14.8. The van der Waals surface area contributed by atoms with Crippen molar-refractivity contribution in [3.8, 4) is 6.07 Å². The number of pyridine rings is 1. The molecule has 1 heterocycles. The van der Waals surface area contributed by atoms with Crippen molar-refractivity contribution in [2.75, 3.05) is 23.8 Å². The monoisotopic (exact) mass is 300 g/mol. The summed E-state index contributed by atoms with van der Waals surface area (Å²) in [6, 6.07) is 12.3. The van der Waals surface area contributed by atoms with Crippen molar-refractivity contribution in [2.45, 2.75) is 0 Å². The van der Waals surface area contributed by atoms with Gasteiger partial charge in [-0.25, -0.2) is 4.98 Å². The maximum atomic E-state index is 12.0. The van der Waals surface area contributed by atoms with Gasteiger partial charge < -0.3 is 10.2 Å². The molecule has 2 rings (SSSR count). The van der Waals surface area contributed by atoms with Gasteiger partial charge in [-0.15, -0.1) is 0 Å². The standard InChI is InChI=1S/C15H13ClN4O/c1-20(14-6-5-11(8-17)9-18-14)10-15(21)19-13-4-2-3-12(16)7-13/h2-7,9H,10H2,1H3,(H,19,21). The summed E-state index contributed by atoms with van der Waals surface area (Å²) in [6.45, 7) is 0.144. The summed E-state index contributed by atoms with van der Waals surface area (Å²) in [4.78, 5) is 17.8. The van der Waals surface area contributed by atoms with Crippen LogP contribution >= 0.6 is 11.6 Å². The molecule has 0 aliphatic heterocycles. The Labute approximate surface area is 127 Å². The summed E-state index contributed by atoms with van der Waals surface area (Å²) in [7, 11) is 1.76. The van der Waals surface area contributed by atoms with E-state index in [1.807, 2.05) is 6.07 Å². The molecule has 0 bridgehead atoms. The maximum Gasteiger partial charge on any atom is 0.243 e. The molecule has 21 heavy (non-hydrogen) atoms. The number of halogens is 1. The predicted octanol–water partition coefficient (Wildman–Crippen LogP) is 2.68. The topological polar surface area (TPSA) is 69.0 Å². The number of amides is 1. The maximum absolute atomic E-state index is 12.0. The summed E-state index contributed by atoms with van der Waals surface area (Å²) in [5.74, 6) is 0.446. The van der Waals surface area contributed by atoms with Crippen LogP contribution in [0.1, 0.15) is 5.56 Å². The van der Waals surface area contributed by atoms with E-state index in [0.29, 0.717) is 22.1 Å². The molecule has 0 saturated carbocycles. The molecule has 1 aromatic heterocycles. The van der Waals surface area contributed by atoms with Gasteiger partial charge >= 0.3 is 0 Å². The van der Waals surface area contributed by atoms with Crippen LogP contribution < -0.4 is 10.2 Å². The molecular formula is C15H13ClN4O. The van der Waals surface area contributed by atoms with E-state index in [1.165, 1.54) is 6.20 Å². The fraction of sp³-hybridized carbons (Fsp3) is 0.133. The van der Waals surface area contributed by atoms with Gasteiger partial charge in [0.1, 0.15) is 11.9 Å². The number of rotatable bonds is 4. The summed E-state index contributed by atoms with van der Waals surface area (Å²) in [5, 5.41) is 12.0. The molecule has 106 valence electrons. The summed E-state index contributed by atoms with van der Waals surface area (Å²) in [5.41, 5.74) is 1.13. The molecule has 1 amide bonds. The van der Waals surface area contributed by atoms with E-state index in [0.717, 1.165) is 0 Å². The van der Waals surface area contributed by atoms with Crippen LogP contribution in [0.15, 0.2) is 42.6 Å². The average molecular weight is 301 g/mol. The highest BCUT2D eigenvalue weighted by Crippen LogP contribution is 2.15. The minimum absolute atomic E-state index is 0.144. The number of nitrogens with zero attached hydrogens (tertiary/aromatic N) is 3. The van der Waals surface area contributed by atoms with E-state index in [2.05, 4.69) is 10.3 Å². The first-order chi connectivity index (χ1) is 10.1. The van der Waals surface area contributed by atoms with E-state index < -0.39 is 0 Å². The molecule has 1 aromatic carbocycles. The van der Waals surface area contributed by atoms with Crippen LogP contribution in [0.2, 0.25) is 5.02 Å². The Balaban J connectivity index is 1.97. The third kappa shape index (κ3) is 4.20. The molecule has 2 aromatic rings. The Morgan fingerprint density at radius 1 is 1.43 bits per heavy atom. The molecule has 0 fully saturated rings. The number of likely N-dealkylation sites (N-methyl/N-ethyl adjacent to an activating group) is 1. The number of hydrogen-bond acceptors (Lipinski definition) is 4. The van der Waals surface area contributed by atoms with E-state index >= 15 is 0 Å². The van der Waals surface area contributed by atoms with Crippen molar-refractivity contribution in [1.29, 1.82) is 5.26 Å². The molecule has 0 aliphatic carbocycles. The molecule has 0 saturated heterocycles. The van der Waals surface area contributed by atoms with Crippen LogP contribution in [0, 0.1) is 11.3 Å². The van der Waals surface area contributed by atoms with Gasteiger partial charge in [0.15, 0.2) is 0 Å².